The minimum Gasteiger partial charge on any atom is -0.377 e. The van der Waals surface area contributed by atoms with Crippen LogP contribution in [0.1, 0.15) is 53.4 Å². The topological polar surface area (TPSA) is 35.2 Å². The molecule has 2 nitrogen and oxygen atoms in total. The fourth-order valence-corrected chi connectivity index (χ4v) is 2.38. The molecule has 0 bridgehead atoms. The summed E-state index contributed by atoms with van der Waals surface area (Å²) >= 11 is 0. The van der Waals surface area contributed by atoms with Gasteiger partial charge in [0.15, 0.2) is 0 Å². The lowest BCUT2D eigenvalue weighted by atomic mass is 9.72. The summed E-state index contributed by atoms with van der Waals surface area (Å²) in [6.07, 6.45) is 5.53. The number of ether oxygens (including phenoxy) is 1. The lowest BCUT2D eigenvalue weighted by Gasteiger charge is -2.37. The second kappa shape index (κ2) is 5.31. The van der Waals surface area contributed by atoms with Crippen molar-refractivity contribution in [2.45, 2.75) is 65.5 Å². The number of rotatable bonds is 3. The molecule has 0 heterocycles. The summed E-state index contributed by atoms with van der Waals surface area (Å²) in [5.74, 6) is 0.868. The SMILES string of the molecule is C[C@@H](N)COC1CCC(C(C)(C)C)CC1. The van der Waals surface area contributed by atoms with Crippen LogP contribution in [0.4, 0.5) is 0 Å². The van der Waals surface area contributed by atoms with E-state index in [-0.39, 0.29) is 6.04 Å². The predicted octanol–water partition coefficient (Wildman–Crippen LogP) is 2.96. The van der Waals surface area contributed by atoms with Gasteiger partial charge >= 0.3 is 0 Å². The summed E-state index contributed by atoms with van der Waals surface area (Å²) in [5, 5.41) is 0. The highest BCUT2D eigenvalue weighted by Crippen LogP contribution is 2.38. The van der Waals surface area contributed by atoms with Gasteiger partial charge in [0.25, 0.3) is 0 Å². The van der Waals surface area contributed by atoms with Gasteiger partial charge in [-0.15, -0.1) is 0 Å². The molecule has 0 saturated heterocycles. The average molecular weight is 213 g/mol. The molecule has 1 saturated carbocycles. The van der Waals surface area contributed by atoms with E-state index < -0.39 is 0 Å². The van der Waals surface area contributed by atoms with Gasteiger partial charge in [-0.3, -0.25) is 0 Å². The third-order valence-electron chi connectivity index (χ3n) is 3.49. The highest BCUT2D eigenvalue weighted by molar-refractivity contribution is 4.80. The molecule has 0 spiro atoms. The number of hydrogen-bond donors (Lipinski definition) is 1. The third kappa shape index (κ3) is 4.52. The molecule has 0 aliphatic heterocycles. The fourth-order valence-electron chi connectivity index (χ4n) is 2.38. The van der Waals surface area contributed by atoms with Gasteiger partial charge in [0.2, 0.25) is 0 Å². The maximum absolute atomic E-state index is 5.78. The molecule has 1 atom stereocenters. The van der Waals surface area contributed by atoms with Gasteiger partial charge in [-0.25, -0.2) is 0 Å². The summed E-state index contributed by atoms with van der Waals surface area (Å²) in [6.45, 7) is 9.76. The zero-order valence-electron chi connectivity index (χ0n) is 10.8. The summed E-state index contributed by atoms with van der Waals surface area (Å²) < 4.78 is 5.78. The molecule has 15 heavy (non-hydrogen) atoms. The van der Waals surface area contributed by atoms with Gasteiger partial charge in [-0.05, 0) is 43.9 Å². The van der Waals surface area contributed by atoms with Crippen molar-refractivity contribution in [1.82, 2.24) is 0 Å². The summed E-state index contributed by atoms with van der Waals surface area (Å²) in [5.41, 5.74) is 6.15. The summed E-state index contributed by atoms with van der Waals surface area (Å²) in [4.78, 5) is 0. The van der Waals surface area contributed by atoms with E-state index >= 15 is 0 Å². The first-order valence-electron chi connectivity index (χ1n) is 6.26. The molecule has 1 aliphatic rings. The largest absolute Gasteiger partial charge is 0.377 e. The van der Waals surface area contributed by atoms with Crippen molar-refractivity contribution in [1.29, 1.82) is 0 Å². The zero-order chi connectivity index (χ0) is 11.5. The Hall–Kier alpha value is -0.0800. The number of nitrogens with two attached hydrogens (primary N) is 1. The van der Waals surface area contributed by atoms with Crippen molar-refractivity contribution in [3.8, 4) is 0 Å². The van der Waals surface area contributed by atoms with E-state index in [1.54, 1.807) is 0 Å². The smallest absolute Gasteiger partial charge is 0.0618 e. The maximum atomic E-state index is 5.78. The molecule has 0 amide bonds. The van der Waals surface area contributed by atoms with E-state index in [4.69, 9.17) is 10.5 Å². The standard InChI is InChI=1S/C13H27NO/c1-10(14)9-15-12-7-5-11(6-8-12)13(2,3)4/h10-12H,5-9,14H2,1-4H3/t10-,11?,12?/m1/s1. The Labute approximate surface area is 94.6 Å². The molecule has 0 aromatic carbocycles. The van der Waals surface area contributed by atoms with Crippen LogP contribution in [0, 0.1) is 11.3 Å². The Kier molecular flexibility index (Phi) is 4.60. The van der Waals surface area contributed by atoms with Gasteiger partial charge < -0.3 is 10.5 Å². The highest BCUT2D eigenvalue weighted by atomic mass is 16.5. The molecule has 0 unspecified atom stereocenters. The van der Waals surface area contributed by atoms with Crippen molar-refractivity contribution in [2.24, 2.45) is 17.1 Å². The van der Waals surface area contributed by atoms with Crippen LogP contribution < -0.4 is 5.73 Å². The third-order valence-corrected chi connectivity index (χ3v) is 3.49. The zero-order valence-corrected chi connectivity index (χ0v) is 10.8. The van der Waals surface area contributed by atoms with Crippen molar-refractivity contribution in [3.05, 3.63) is 0 Å². The van der Waals surface area contributed by atoms with Crippen LogP contribution >= 0.6 is 0 Å². The predicted molar refractivity (Wildman–Crippen MR) is 64.8 cm³/mol. The van der Waals surface area contributed by atoms with Crippen LogP contribution in [0.25, 0.3) is 0 Å². The van der Waals surface area contributed by atoms with Crippen LogP contribution in [0.2, 0.25) is 0 Å². The summed E-state index contributed by atoms with van der Waals surface area (Å²) in [7, 11) is 0. The van der Waals surface area contributed by atoms with Gasteiger partial charge in [-0.1, -0.05) is 20.8 Å². The molecule has 0 aromatic heterocycles. The second-order valence-electron chi connectivity index (χ2n) is 6.15. The molecule has 0 aromatic rings. The van der Waals surface area contributed by atoms with Crippen LogP contribution in [0.3, 0.4) is 0 Å². The molecule has 1 rings (SSSR count). The Morgan fingerprint density at radius 3 is 2.13 bits per heavy atom. The first-order chi connectivity index (χ1) is 6.89. The van der Waals surface area contributed by atoms with Crippen LogP contribution in [-0.4, -0.2) is 18.8 Å². The molecule has 0 radical (unpaired) electrons. The van der Waals surface area contributed by atoms with Crippen molar-refractivity contribution >= 4 is 0 Å². The van der Waals surface area contributed by atoms with Gasteiger partial charge in [0.1, 0.15) is 0 Å². The van der Waals surface area contributed by atoms with E-state index in [1.807, 2.05) is 6.92 Å². The quantitative estimate of drug-likeness (QED) is 0.782. The van der Waals surface area contributed by atoms with Crippen molar-refractivity contribution < 1.29 is 4.74 Å². The normalized spacial score (nSPS) is 30.2. The monoisotopic (exact) mass is 213 g/mol. The van der Waals surface area contributed by atoms with Crippen LogP contribution in [-0.2, 0) is 4.74 Å². The minimum atomic E-state index is 0.172. The van der Waals surface area contributed by atoms with Gasteiger partial charge in [0.05, 0.1) is 12.7 Å². The molecule has 90 valence electrons. The Morgan fingerprint density at radius 1 is 1.20 bits per heavy atom. The Morgan fingerprint density at radius 2 is 1.73 bits per heavy atom. The minimum absolute atomic E-state index is 0.172. The van der Waals surface area contributed by atoms with Gasteiger partial charge in [0, 0.05) is 6.04 Å². The lowest BCUT2D eigenvalue weighted by molar-refractivity contribution is -0.000372. The van der Waals surface area contributed by atoms with Crippen LogP contribution in [0.5, 0.6) is 0 Å². The maximum Gasteiger partial charge on any atom is 0.0618 e. The Balaban J connectivity index is 2.24. The number of hydrogen-bond acceptors (Lipinski definition) is 2. The second-order valence-corrected chi connectivity index (χ2v) is 6.15. The van der Waals surface area contributed by atoms with E-state index in [9.17, 15) is 0 Å². The molecular formula is C13H27NO. The fraction of sp³-hybridized carbons (Fsp3) is 1.00. The van der Waals surface area contributed by atoms with E-state index in [2.05, 4.69) is 20.8 Å². The molecule has 1 aliphatic carbocycles. The highest BCUT2D eigenvalue weighted by Gasteiger charge is 2.29. The van der Waals surface area contributed by atoms with Crippen molar-refractivity contribution in [2.75, 3.05) is 6.61 Å². The molecule has 2 heteroatoms. The molecular weight excluding hydrogens is 186 g/mol. The lowest BCUT2D eigenvalue weighted by Crippen LogP contribution is -2.32. The molecule has 2 N–H and O–H groups in total. The van der Waals surface area contributed by atoms with E-state index in [0.29, 0.717) is 18.1 Å². The first kappa shape index (κ1) is 13.0. The van der Waals surface area contributed by atoms with E-state index in [0.717, 1.165) is 5.92 Å². The van der Waals surface area contributed by atoms with Crippen molar-refractivity contribution in [3.63, 3.8) is 0 Å². The Bertz CT molecular complexity index is 175. The summed E-state index contributed by atoms with van der Waals surface area (Å²) in [6, 6.07) is 0.172. The molecule has 1 fully saturated rings. The van der Waals surface area contributed by atoms with E-state index in [1.165, 1.54) is 25.7 Å². The van der Waals surface area contributed by atoms with Gasteiger partial charge in [-0.2, -0.15) is 0 Å². The average Bonchev–Trinajstić information content (AvgIpc) is 2.14. The first-order valence-corrected chi connectivity index (χ1v) is 6.26. The van der Waals surface area contributed by atoms with Crippen LogP contribution in [0.15, 0.2) is 0 Å².